The van der Waals surface area contributed by atoms with Crippen LogP contribution in [0.25, 0.3) is 0 Å². The van der Waals surface area contributed by atoms with Crippen LogP contribution in [0.15, 0.2) is 4.99 Å². The lowest BCUT2D eigenvalue weighted by Crippen LogP contribution is -2.52. The van der Waals surface area contributed by atoms with E-state index in [4.69, 9.17) is 4.74 Å². The van der Waals surface area contributed by atoms with Crippen LogP contribution >= 0.6 is 11.8 Å². The third-order valence-corrected chi connectivity index (χ3v) is 5.17. The SMILES string of the molecule is CCSC1CCC(NC(=NC)NCC2(C)COC2)C1. The van der Waals surface area contributed by atoms with E-state index in [1.165, 1.54) is 25.0 Å². The Morgan fingerprint density at radius 3 is 2.79 bits per heavy atom. The second kappa shape index (κ2) is 6.84. The number of thioether (sulfide) groups is 1. The van der Waals surface area contributed by atoms with E-state index in [9.17, 15) is 0 Å². The Morgan fingerprint density at radius 2 is 2.21 bits per heavy atom. The van der Waals surface area contributed by atoms with Crippen molar-refractivity contribution in [2.75, 3.05) is 32.6 Å². The van der Waals surface area contributed by atoms with Gasteiger partial charge in [-0.25, -0.2) is 0 Å². The van der Waals surface area contributed by atoms with Gasteiger partial charge in [-0.2, -0.15) is 11.8 Å². The Balaban J connectivity index is 1.71. The van der Waals surface area contributed by atoms with Crippen molar-refractivity contribution >= 4 is 17.7 Å². The van der Waals surface area contributed by atoms with E-state index in [2.05, 4.69) is 41.2 Å². The quantitative estimate of drug-likeness (QED) is 0.598. The van der Waals surface area contributed by atoms with Crippen LogP contribution in [-0.2, 0) is 4.74 Å². The molecule has 0 aromatic heterocycles. The zero-order chi connectivity index (χ0) is 13.7. The predicted molar refractivity (Wildman–Crippen MR) is 83.0 cm³/mol. The van der Waals surface area contributed by atoms with E-state index >= 15 is 0 Å². The molecule has 1 aliphatic carbocycles. The monoisotopic (exact) mass is 285 g/mol. The molecule has 1 aliphatic heterocycles. The van der Waals surface area contributed by atoms with Crippen LogP contribution in [0, 0.1) is 5.41 Å². The first kappa shape index (κ1) is 15.0. The summed E-state index contributed by atoms with van der Waals surface area (Å²) in [4.78, 5) is 4.33. The largest absolute Gasteiger partial charge is 0.380 e. The summed E-state index contributed by atoms with van der Waals surface area (Å²) < 4.78 is 5.28. The molecule has 1 saturated carbocycles. The van der Waals surface area contributed by atoms with Crippen molar-refractivity contribution in [2.45, 2.75) is 44.4 Å². The number of rotatable bonds is 5. The molecule has 2 rings (SSSR count). The van der Waals surface area contributed by atoms with Gasteiger partial charge in [-0.3, -0.25) is 4.99 Å². The zero-order valence-corrected chi connectivity index (χ0v) is 13.2. The summed E-state index contributed by atoms with van der Waals surface area (Å²) in [6.07, 6.45) is 3.86. The lowest BCUT2D eigenvalue weighted by molar-refractivity contribution is -0.0971. The first-order chi connectivity index (χ1) is 9.15. The summed E-state index contributed by atoms with van der Waals surface area (Å²) in [6.45, 7) is 7.14. The van der Waals surface area contributed by atoms with Crippen molar-refractivity contribution < 1.29 is 4.74 Å². The second-order valence-electron chi connectivity index (χ2n) is 5.96. The first-order valence-electron chi connectivity index (χ1n) is 7.32. The highest BCUT2D eigenvalue weighted by Gasteiger charge is 2.33. The Hall–Kier alpha value is -0.420. The summed E-state index contributed by atoms with van der Waals surface area (Å²) in [5, 5.41) is 7.83. The van der Waals surface area contributed by atoms with Gasteiger partial charge >= 0.3 is 0 Å². The fourth-order valence-corrected chi connectivity index (χ4v) is 3.84. The van der Waals surface area contributed by atoms with Gasteiger partial charge < -0.3 is 15.4 Å². The molecule has 2 aliphatic rings. The van der Waals surface area contributed by atoms with Gasteiger partial charge in [0.15, 0.2) is 5.96 Å². The average Bonchev–Trinajstić information content (AvgIpc) is 2.80. The van der Waals surface area contributed by atoms with Crippen LogP contribution in [0.3, 0.4) is 0 Å². The molecule has 5 heteroatoms. The van der Waals surface area contributed by atoms with Gasteiger partial charge in [-0.05, 0) is 25.0 Å². The number of aliphatic imine (C=N–C) groups is 1. The highest BCUT2D eigenvalue weighted by atomic mass is 32.2. The van der Waals surface area contributed by atoms with Crippen molar-refractivity contribution in [1.82, 2.24) is 10.6 Å². The highest BCUT2D eigenvalue weighted by Crippen LogP contribution is 2.29. The van der Waals surface area contributed by atoms with Crippen LogP contribution in [0.2, 0.25) is 0 Å². The topological polar surface area (TPSA) is 45.7 Å². The number of ether oxygens (including phenoxy) is 1. The molecule has 0 aromatic carbocycles. The molecular weight excluding hydrogens is 258 g/mol. The molecule has 2 atom stereocenters. The van der Waals surface area contributed by atoms with E-state index in [1.807, 2.05) is 7.05 Å². The minimum absolute atomic E-state index is 0.286. The van der Waals surface area contributed by atoms with Gasteiger partial charge in [-0.15, -0.1) is 0 Å². The van der Waals surface area contributed by atoms with Crippen molar-refractivity contribution in [2.24, 2.45) is 10.4 Å². The molecule has 1 saturated heterocycles. The molecule has 0 bridgehead atoms. The van der Waals surface area contributed by atoms with E-state index in [-0.39, 0.29) is 5.41 Å². The lowest BCUT2D eigenvalue weighted by atomic mass is 9.89. The minimum Gasteiger partial charge on any atom is -0.380 e. The van der Waals surface area contributed by atoms with Gasteiger partial charge in [-0.1, -0.05) is 13.8 Å². The molecule has 0 amide bonds. The van der Waals surface area contributed by atoms with Crippen LogP contribution < -0.4 is 10.6 Å². The van der Waals surface area contributed by atoms with Crippen molar-refractivity contribution in [3.63, 3.8) is 0 Å². The van der Waals surface area contributed by atoms with Crippen LogP contribution in [0.5, 0.6) is 0 Å². The maximum atomic E-state index is 5.28. The molecule has 1 heterocycles. The number of hydrogen-bond donors (Lipinski definition) is 2. The lowest BCUT2D eigenvalue weighted by Gasteiger charge is -2.38. The molecule has 19 heavy (non-hydrogen) atoms. The van der Waals surface area contributed by atoms with E-state index < -0.39 is 0 Å². The maximum Gasteiger partial charge on any atom is 0.191 e. The predicted octanol–water partition coefficient (Wildman–Crippen LogP) is 1.86. The molecule has 2 fully saturated rings. The molecule has 0 radical (unpaired) electrons. The molecule has 2 N–H and O–H groups in total. The highest BCUT2D eigenvalue weighted by molar-refractivity contribution is 7.99. The fraction of sp³-hybridized carbons (Fsp3) is 0.929. The van der Waals surface area contributed by atoms with Gasteiger partial charge in [0.2, 0.25) is 0 Å². The van der Waals surface area contributed by atoms with Gasteiger partial charge in [0.1, 0.15) is 0 Å². The molecule has 2 unspecified atom stereocenters. The van der Waals surface area contributed by atoms with Gasteiger partial charge in [0.25, 0.3) is 0 Å². The van der Waals surface area contributed by atoms with Gasteiger partial charge in [0, 0.05) is 30.3 Å². The standard InChI is InChI=1S/C14H27N3OS/c1-4-19-12-6-5-11(7-12)17-13(15-3)16-8-14(2)9-18-10-14/h11-12H,4-10H2,1-3H3,(H2,15,16,17). The maximum absolute atomic E-state index is 5.28. The second-order valence-corrected chi connectivity index (χ2v) is 7.54. The van der Waals surface area contributed by atoms with Crippen LogP contribution in [0.1, 0.15) is 33.1 Å². The summed E-state index contributed by atoms with van der Waals surface area (Å²) >= 11 is 2.09. The molecule has 0 spiro atoms. The Kier molecular flexibility index (Phi) is 5.39. The first-order valence-corrected chi connectivity index (χ1v) is 8.36. The minimum atomic E-state index is 0.286. The molecule has 110 valence electrons. The van der Waals surface area contributed by atoms with E-state index in [0.29, 0.717) is 6.04 Å². The average molecular weight is 285 g/mol. The molecular formula is C14H27N3OS. The Bertz CT molecular complexity index is 318. The third kappa shape index (κ3) is 4.28. The van der Waals surface area contributed by atoms with Crippen LogP contribution in [0.4, 0.5) is 0 Å². The zero-order valence-electron chi connectivity index (χ0n) is 12.4. The van der Waals surface area contributed by atoms with Crippen molar-refractivity contribution in [3.8, 4) is 0 Å². The Morgan fingerprint density at radius 1 is 1.42 bits per heavy atom. The fourth-order valence-electron chi connectivity index (χ4n) is 2.70. The summed E-state index contributed by atoms with van der Waals surface area (Å²) in [5.41, 5.74) is 0.286. The van der Waals surface area contributed by atoms with E-state index in [0.717, 1.165) is 31.0 Å². The third-order valence-electron chi connectivity index (χ3n) is 3.93. The molecule has 4 nitrogen and oxygen atoms in total. The Labute approximate surface area is 121 Å². The summed E-state index contributed by atoms with van der Waals surface area (Å²) in [5.74, 6) is 2.17. The number of nitrogens with zero attached hydrogens (tertiary/aromatic N) is 1. The summed E-state index contributed by atoms with van der Waals surface area (Å²) in [6, 6.07) is 0.584. The normalized spacial score (nSPS) is 29.9. The van der Waals surface area contributed by atoms with Gasteiger partial charge in [0.05, 0.1) is 13.2 Å². The smallest absolute Gasteiger partial charge is 0.191 e. The summed E-state index contributed by atoms with van der Waals surface area (Å²) in [7, 11) is 1.85. The van der Waals surface area contributed by atoms with Crippen LogP contribution in [-0.4, -0.2) is 49.8 Å². The number of nitrogens with one attached hydrogen (secondary N) is 2. The van der Waals surface area contributed by atoms with Crippen molar-refractivity contribution in [3.05, 3.63) is 0 Å². The molecule has 0 aromatic rings. The number of hydrogen-bond acceptors (Lipinski definition) is 3. The van der Waals surface area contributed by atoms with Crippen molar-refractivity contribution in [1.29, 1.82) is 0 Å². The number of guanidine groups is 1. The van der Waals surface area contributed by atoms with E-state index in [1.54, 1.807) is 0 Å².